The molecule has 1 aliphatic rings. The molecule has 0 spiro atoms. The number of carbonyl (C=O) groups excluding carboxylic acids is 1. The van der Waals surface area contributed by atoms with Crippen LogP contribution in [0.1, 0.15) is 45.2 Å². The van der Waals surface area contributed by atoms with Gasteiger partial charge in [0.15, 0.2) is 0 Å². The van der Waals surface area contributed by atoms with Gasteiger partial charge in [-0.3, -0.25) is 0 Å². The number of rotatable bonds is 4. The molecule has 0 unspecified atom stereocenters. The summed E-state index contributed by atoms with van der Waals surface area (Å²) in [6.45, 7) is 6.58. The Morgan fingerprint density at radius 3 is 2.44 bits per heavy atom. The van der Waals surface area contributed by atoms with E-state index in [4.69, 9.17) is 20.3 Å². The van der Waals surface area contributed by atoms with E-state index in [1.54, 1.807) is 9.58 Å². The quantitative estimate of drug-likeness (QED) is 0.562. The Morgan fingerprint density at radius 2 is 1.79 bits per heavy atom. The Hall–Kier alpha value is -3.99. The van der Waals surface area contributed by atoms with Gasteiger partial charge in [0, 0.05) is 18.7 Å². The van der Waals surface area contributed by atoms with Crippen molar-refractivity contribution in [3.8, 4) is 28.8 Å². The van der Waals surface area contributed by atoms with Crippen LogP contribution in [-0.4, -0.2) is 39.5 Å². The highest BCUT2D eigenvalue weighted by Crippen LogP contribution is 2.33. The van der Waals surface area contributed by atoms with Gasteiger partial charge in [-0.25, -0.2) is 9.48 Å². The van der Waals surface area contributed by atoms with Crippen LogP contribution in [0.5, 0.6) is 11.5 Å². The maximum Gasteiger partial charge on any atom is 0.410 e. The number of nitriles is 1. The Bertz CT molecular complexity index is 1190. The van der Waals surface area contributed by atoms with E-state index in [9.17, 15) is 10.1 Å². The second-order valence-electron chi connectivity index (χ2n) is 9.33. The van der Waals surface area contributed by atoms with Crippen LogP contribution in [0.25, 0.3) is 11.3 Å². The van der Waals surface area contributed by atoms with Gasteiger partial charge < -0.3 is 20.1 Å². The summed E-state index contributed by atoms with van der Waals surface area (Å²) in [5.74, 6) is 1.73. The zero-order valence-corrected chi connectivity index (χ0v) is 19.7. The fourth-order valence-electron chi connectivity index (χ4n) is 3.99. The van der Waals surface area contributed by atoms with Crippen LogP contribution >= 0.6 is 0 Å². The molecule has 1 fully saturated rings. The number of hydrogen-bond acceptors (Lipinski definition) is 6. The van der Waals surface area contributed by atoms with Gasteiger partial charge in [0.05, 0.1) is 6.04 Å². The molecule has 0 radical (unpaired) electrons. The molecule has 0 aliphatic carbocycles. The smallest absolute Gasteiger partial charge is 0.410 e. The molecular formula is C26H29N5O3. The SMILES string of the molecule is CC(C)(C)OC(=O)N1CCC[C@H](n2nc(-c3ccc(Oc4ccccc4)cc3)c(C#N)c2N)C1. The zero-order valence-electron chi connectivity index (χ0n) is 19.7. The highest BCUT2D eigenvalue weighted by molar-refractivity contribution is 5.73. The molecule has 2 heterocycles. The van der Waals surface area contributed by atoms with E-state index in [0.29, 0.717) is 35.9 Å². The maximum absolute atomic E-state index is 12.6. The van der Waals surface area contributed by atoms with Crippen LogP contribution in [0.15, 0.2) is 54.6 Å². The van der Waals surface area contributed by atoms with Crippen LogP contribution in [0.3, 0.4) is 0 Å². The summed E-state index contributed by atoms with van der Waals surface area (Å²) >= 11 is 0. The number of anilines is 1. The number of carbonyl (C=O) groups is 1. The number of para-hydroxylation sites is 1. The van der Waals surface area contributed by atoms with Gasteiger partial charge in [-0.1, -0.05) is 18.2 Å². The molecule has 8 heteroatoms. The minimum atomic E-state index is -0.563. The van der Waals surface area contributed by atoms with Crippen molar-refractivity contribution in [3.05, 3.63) is 60.2 Å². The second kappa shape index (κ2) is 9.48. The predicted octanol–water partition coefficient (Wildman–Crippen LogP) is 5.37. The first-order valence-corrected chi connectivity index (χ1v) is 11.3. The minimum Gasteiger partial charge on any atom is -0.457 e. The number of likely N-dealkylation sites (tertiary alicyclic amines) is 1. The largest absolute Gasteiger partial charge is 0.457 e. The van der Waals surface area contributed by atoms with Crippen molar-refractivity contribution in [2.24, 2.45) is 0 Å². The van der Waals surface area contributed by atoms with Gasteiger partial charge in [0.1, 0.15) is 40.2 Å². The van der Waals surface area contributed by atoms with Gasteiger partial charge in [0.2, 0.25) is 0 Å². The summed E-state index contributed by atoms with van der Waals surface area (Å²) in [6, 6.07) is 19.0. The second-order valence-corrected chi connectivity index (χ2v) is 9.33. The summed E-state index contributed by atoms with van der Waals surface area (Å²) in [5.41, 5.74) is 7.40. The van der Waals surface area contributed by atoms with Crippen molar-refractivity contribution in [1.29, 1.82) is 5.26 Å². The van der Waals surface area contributed by atoms with Crippen molar-refractivity contribution in [2.75, 3.05) is 18.8 Å². The molecule has 0 bridgehead atoms. The van der Waals surface area contributed by atoms with E-state index >= 15 is 0 Å². The third kappa shape index (κ3) is 5.15. The molecule has 0 saturated carbocycles. The Morgan fingerprint density at radius 1 is 1.12 bits per heavy atom. The third-order valence-corrected chi connectivity index (χ3v) is 5.56. The van der Waals surface area contributed by atoms with Gasteiger partial charge >= 0.3 is 6.09 Å². The van der Waals surface area contributed by atoms with E-state index < -0.39 is 5.60 Å². The number of nitrogens with two attached hydrogens (primary N) is 1. The van der Waals surface area contributed by atoms with Crippen molar-refractivity contribution in [1.82, 2.24) is 14.7 Å². The third-order valence-electron chi connectivity index (χ3n) is 5.56. The van der Waals surface area contributed by atoms with E-state index in [0.717, 1.165) is 24.2 Å². The van der Waals surface area contributed by atoms with Gasteiger partial charge in [-0.2, -0.15) is 10.4 Å². The first kappa shape index (κ1) is 23.2. The molecule has 1 saturated heterocycles. The topological polar surface area (TPSA) is 106 Å². The van der Waals surface area contributed by atoms with Crippen molar-refractivity contribution in [2.45, 2.75) is 45.3 Å². The molecule has 4 rings (SSSR count). The van der Waals surface area contributed by atoms with Crippen molar-refractivity contribution >= 4 is 11.9 Å². The molecule has 1 atom stereocenters. The number of hydrogen-bond donors (Lipinski definition) is 1. The van der Waals surface area contributed by atoms with Crippen molar-refractivity contribution < 1.29 is 14.3 Å². The fraction of sp³-hybridized carbons (Fsp3) is 0.346. The molecule has 2 aromatic carbocycles. The average Bonchev–Trinajstić information content (AvgIpc) is 3.15. The summed E-state index contributed by atoms with van der Waals surface area (Å²) in [6.07, 6.45) is 1.25. The molecule has 34 heavy (non-hydrogen) atoms. The Balaban J connectivity index is 1.55. The van der Waals surface area contributed by atoms with Crippen LogP contribution in [-0.2, 0) is 4.74 Å². The van der Waals surface area contributed by atoms with Gasteiger partial charge in [0.25, 0.3) is 0 Å². The van der Waals surface area contributed by atoms with Crippen LogP contribution in [0, 0.1) is 11.3 Å². The number of nitrogens with zero attached hydrogens (tertiary/aromatic N) is 4. The van der Waals surface area contributed by atoms with Gasteiger partial charge in [-0.15, -0.1) is 0 Å². The monoisotopic (exact) mass is 459 g/mol. The number of ether oxygens (including phenoxy) is 2. The normalized spacial score (nSPS) is 16.1. The maximum atomic E-state index is 12.6. The molecule has 176 valence electrons. The fourth-order valence-corrected chi connectivity index (χ4v) is 3.99. The number of aromatic nitrogens is 2. The van der Waals surface area contributed by atoms with E-state index in [1.165, 1.54) is 0 Å². The van der Waals surface area contributed by atoms with Crippen LogP contribution < -0.4 is 10.5 Å². The van der Waals surface area contributed by atoms with Crippen LogP contribution in [0.4, 0.5) is 10.6 Å². The molecule has 1 amide bonds. The lowest BCUT2D eigenvalue weighted by Crippen LogP contribution is -2.43. The molecule has 2 N–H and O–H groups in total. The highest BCUT2D eigenvalue weighted by Gasteiger charge is 2.31. The number of benzene rings is 2. The predicted molar refractivity (Wildman–Crippen MR) is 129 cm³/mol. The van der Waals surface area contributed by atoms with Crippen LogP contribution in [0.2, 0.25) is 0 Å². The Kier molecular flexibility index (Phi) is 6.46. The summed E-state index contributed by atoms with van der Waals surface area (Å²) < 4.78 is 13.1. The first-order chi connectivity index (χ1) is 16.2. The zero-order chi connectivity index (χ0) is 24.3. The minimum absolute atomic E-state index is 0.136. The van der Waals surface area contributed by atoms with Crippen molar-refractivity contribution in [3.63, 3.8) is 0 Å². The standard InChI is InChI=1S/C26H29N5O3/c1-26(2,3)34-25(32)30-15-7-8-19(17-30)31-24(28)22(16-27)23(29-31)18-11-13-21(14-12-18)33-20-9-5-4-6-10-20/h4-6,9-14,19H,7-8,15,17,28H2,1-3H3/t19-/m0/s1. The lowest BCUT2D eigenvalue weighted by molar-refractivity contribution is 0.0168. The number of nitrogen functional groups attached to an aromatic ring is 1. The summed E-state index contributed by atoms with van der Waals surface area (Å²) in [7, 11) is 0. The number of amides is 1. The lowest BCUT2D eigenvalue weighted by Gasteiger charge is -2.34. The molecule has 1 aromatic heterocycles. The van der Waals surface area contributed by atoms with E-state index in [2.05, 4.69) is 6.07 Å². The molecular weight excluding hydrogens is 430 g/mol. The summed E-state index contributed by atoms with van der Waals surface area (Å²) in [4.78, 5) is 14.2. The summed E-state index contributed by atoms with van der Waals surface area (Å²) in [5, 5.41) is 14.5. The Labute approximate surface area is 199 Å². The highest BCUT2D eigenvalue weighted by atomic mass is 16.6. The van der Waals surface area contributed by atoms with Gasteiger partial charge in [-0.05, 0) is 70.0 Å². The molecule has 1 aliphatic heterocycles. The van der Waals surface area contributed by atoms with E-state index in [-0.39, 0.29) is 12.1 Å². The average molecular weight is 460 g/mol. The lowest BCUT2D eigenvalue weighted by atomic mass is 10.1. The number of piperidine rings is 1. The molecule has 3 aromatic rings. The first-order valence-electron chi connectivity index (χ1n) is 11.3. The molecule has 8 nitrogen and oxygen atoms in total. The van der Waals surface area contributed by atoms with E-state index in [1.807, 2.05) is 75.4 Å².